The number of nitrogens with zero attached hydrogens (tertiary/aromatic N) is 2. The minimum atomic E-state index is -0.427. The van der Waals surface area contributed by atoms with Gasteiger partial charge in [-0.3, -0.25) is 5.10 Å². The maximum Gasteiger partial charge on any atom is 0.118 e. The van der Waals surface area contributed by atoms with E-state index in [2.05, 4.69) is 34.5 Å². The quantitative estimate of drug-likeness (QED) is 0.883. The number of hydrogen-bond donors (Lipinski definition) is 1. The van der Waals surface area contributed by atoms with Crippen LogP contribution in [0.25, 0.3) is 11.3 Å². The van der Waals surface area contributed by atoms with Crippen LogP contribution in [0, 0.1) is 6.92 Å². The normalized spacial score (nSPS) is 11.8. The lowest BCUT2D eigenvalue weighted by Gasteiger charge is -2.21. The molecule has 0 saturated carbocycles. The van der Waals surface area contributed by atoms with Crippen molar-refractivity contribution in [2.75, 3.05) is 7.11 Å². The maximum atomic E-state index is 5.46. The maximum absolute atomic E-state index is 5.46. The molecule has 17 heavy (non-hydrogen) atoms. The van der Waals surface area contributed by atoms with Gasteiger partial charge in [-0.2, -0.15) is 0 Å². The summed E-state index contributed by atoms with van der Waals surface area (Å²) < 4.78 is 5.46. The van der Waals surface area contributed by atoms with Gasteiger partial charge in [-0.25, -0.2) is 0 Å². The van der Waals surface area contributed by atoms with E-state index < -0.39 is 5.60 Å². The summed E-state index contributed by atoms with van der Waals surface area (Å²) in [5, 5.41) is 10.9. The van der Waals surface area contributed by atoms with Crippen molar-refractivity contribution >= 4 is 0 Å². The molecule has 0 atom stereocenters. The number of rotatable bonds is 3. The summed E-state index contributed by atoms with van der Waals surface area (Å²) in [5.41, 5.74) is 3.58. The Hall–Kier alpha value is -1.68. The second kappa shape index (κ2) is 4.30. The van der Waals surface area contributed by atoms with Crippen LogP contribution in [0.5, 0.6) is 0 Å². The van der Waals surface area contributed by atoms with Gasteiger partial charge in [0.2, 0.25) is 0 Å². The van der Waals surface area contributed by atoms with Gasteiger partial charge in [0, 0.05) is 12.7 Å². The minimum absolute atomic E-state index is 0.427. The Morgan fingerprint density at radius 3 is 2.41 bits per heavy atom. The predicted molar refractivity (Wildman–Crippen MR) is 66.6 cm³/mol. The smallest absolute Gasteiger partial charge is 0.118 e. The molecule has 0 fully saturated rings. The fraction of sp³-hybridized carbons (Fsp3) is 0.385. The zero-order valence-electron chi connectivity index (χ0n) is 10.6. The molecule has 0 bridgehead atoms. The molecule has 4 nitrogen and oxygen atoms in total. The van der Waals surface area contributed by atoms with Crippen LogP contribution in [0.15, 0.2) is 24.3 Å². The molecule has 0 spiro atoms. The SMILES string of the molecule is COC(C)(C)c1[nH]nnc1-c1ccc(C)cc1. The standard InChI is InChI=1S/C13H17N3O/c1-9-5-7-10(8-6-9)11-12(15-16-14-11)13(2,3)17-4/h5-8H,1-4H3,(H,14,15,16). The van der Waals surface area contributed by atoms with Crippen molar-refractivity contribution in [1.29, 1.82) is 0 Å². The molecule has 0 unspecified atom stereocenters. The number of ether oxygens (including phenoxy) is 1. The van der Waals surface area contributed by atoms with Gasteiger partial charge in [0.05, 0.1) is 5.69 Å². The van der Waals surface area contributed by atoms with Gasteiger partial charge in [0.1, 0.15) is 11.3 Å². The molecular weight excluding hydrogens is 214 g/mol. The summed E-state index contributed by atoms with van der Waals surface area (Å²) in [6.45, 7) is 6.03. The molecule has 1 aromatic carbocycles. The molecule has 1 aromatic heterocycles. The van der Waals surface area contributed by atoms with Crippen LogP contribution in [0.2, 0.25) is 0 Å². The van der Waals surface area contributed by atoms with E-state index in [4.69, 9.17) is 4.74 Å². The number of nitrogens with one attached hydrogen (secondary N) is 1. The van der Waals surface area contributed by atoms with E-state index in [1.54, 1.807) is 7.11 Å². The fourth-order valence-electron chi connectivity index (χ4n) is 1.66. The number of methoxy groups -OCH3 is 1. The fourth-order valence-corrected chi connectivity index (χ4v) is 1.66. The van der Waals surface area contributed by atoms with Gasteiger partial charge in [0.15, 0.2) is 0 Å². The number of aromatic nitrogens is 3. The molecule has 2 rings (SSSR count). The highest BCUT2D eigenvalue weighted by molar-refractivity contribution is 5.62. The van der Waals surface area contributed by atoms with Crippen molar-refractivity contribution in [1.82, 2.24) is 15.4 Å². The monoisotopic (exact) mass is 231 g/mol. The Bertz CT molecular complexity index is 500. The molecule has 90 valence electrons. The van der Waals surface area contributed by atoms with Crippen LogP contribution in [0.4, 0.5) is 0 Å². The van der Waals surface area contributed by atoms with Gasteiger partial charge in [0.25, 0.3) is 0 Å². The lowest BCUT2D eigenvalue weighted by atomic mass is 9.99. The van der Waals surface area contributed by atoms with E-state index in [9.17, 15) is 0 Å². The zero-order valence-corrected chi connectivity index (χ0v) is 10.6. The number of aryl methyl sites for hydroxylation is 1. The molecule has 1 heterocycles. The van der Waals surface area contributed by atoms with E-state index in [0.29, 0.717) is 0 Å². The lowest BCUT2D eigenvalue weighted by molar-refractivity contribution is 0.0159. The molecule has 0 aliphatic heterocycles. The van der Waals surface area contributed by atoms with Gasteiger partial charge in [-0.05, 0) is 20.8 Å². The average Bonchev–Trinajstić information content (AvgIpc) is 2.80. The number of aromatic amines is 1. The highest BCUT2D eigenvalue weighted by atomic mass is 16.5. The Balaban J connectivity index is 2.47. The molecule has 0 saturated heterocycles. The predicted octanol–water partition coefficient (Wildman–Crippen LogP) is 2.66. The van der Waals surface area contributed by atoms with Crippen LogP contribution in [-0.4, -0.2) is 22.5 Å². The summed E-state index contributed by atoms with van der Waals surface area (Å²) in [6.07, 6.45) is 0. The summed E-state index contributed by atoms with van der Waals surface area (Å²) in [5.74, 6) is 0. The van der Waals surface area contributed by atoms with Crippen LogP contribution >= 0.6 is 0 Å². The topological polar surface area (TPSA) is 50.8 Å². The Labute approximate surface area is 101 Å². The third-order valence-corrected chi connectivity index (χ3v) is 2.99. The highest BCUT2D eigenvalue weighted by Crippen LogP contribution is 2.30. The molecule has 4 heteroatoms. The zero-order chi connectivity index (χ0) is 12.5. The molecular formula is C13H17N3O. The number of H-pyrrole nitrogens is 1. The third kappa shape index (κ3) is 2.22. The van der Waals surface area contributed by atoms with E-state index in [1.165, 1.54) is 5.56 Å². The van der Waals surface area contributed by atoms with Crippen LogP contribution in [0.3, 0.4) is 0 Å². The molecule has 2 aromatic rings. The highest BCUT2D eigenvalue weighted by Gasteiger charge is 2.26. The average molecular weight is 231 g/mol. The first-order valence-electron chi connectivity index (χ1n) is 5.58. The second-order valence-electron chi connectivity index (χ2n) is 4.62. The summed E-state index contributed by atoms with van der Waals surface area (Å²) >= 11 is 0. The van der Waals surface area contributed by atoms with Crippen molar-refractivity contribution in [3.8, 4) is 11.3 Å². The van der Waals surface area contributed by atoms with Crippen molar-refractivity contribution in [3.05, 3.63) is 35.5 Å². The first kappa shape index (κ1) is 11.8. The van der Waals surface area contributed by atoms with Crippen LogP contribution in [-0.2, 0) is 10.3 Å². The van der Waals surface area contributed by atoms with E-state index in [-0.39, 0.29) is 0 Å². The molecule has 1 N–H and O–H groups in total. The molecule has 0 aliphatic carbocycles. The number of hydrogen-bond acceptors (Lipinski definition) is 3. The summed E-state index contributed by atoms with van der Waals surface area (Å²) in [6, 6.07) is 8.21. The van der Waals surface area contributed by atoms with Gasteiger partial charge in [-0.1, -0.05) is 35.0 Å². The Morgan fingerprint density at radius 1 is 1.18 bits per heavy atom. The van der Waals surface area contributed by atoms with E-state index in [1.807, 2.05) is 26.0 Å². The van der Waals surface area contributed by atoms with Gasteiger partial charge < -0.3 is 4.74 Å². The second-order valence-corrected chi connectivity index (χ2v) is 4.62. The van der Waals surface area contributed by atoms with E-state index in [0.717, 1.165) is 17.0 Å². The Morgan fingerprint density at radius 2 is 1.82 bits per heavy atom. The van der Waals surface area contributed by atoms with E-state index >= 15 is 0 Å². The molecule has 0 amide bonds. The number of benzene rings is 1. The largest absolute Gasteiger partial charge is 0.372 e. The van der Waals surface area contributed by atoms with Crippen molar-refractivity contribution in [3.63, 3.8) is 0 Å². The first-order chi connectivity index (χ1) is 8.04. The van der Waals surface area contributed by atoms with Crippen molar-refractivity contribution < 1.29 is 4.74 Å². The van der Waals surface area contributed by atoms with Gasteiger partial charge in [-0.15, -0.1) is 5.10 Å². The van der Waals surface area contributed by atoms with Crippen molar-refractivity contribution in [2.45, 2.75) is 26.4 Å². The Kier molecular flexibility index (Phi) is 2.98. The lowest BCUT2D eigenvalue weighted by Crippen LogP contribution is -2.21. The summed E-state index contributed by atoms with van der Waals surface area (Å²) in [4.78, 5) is 0. The van der Waals surface area contributed by atoms with Crippen LogP contribution < -0.4 is 0 Å². The van der Waals surface area contributed by atoms with Gasteiger partial charge >= 0.3 is 0 Å². The molecule has 0 radical (unpaired) electrons. The van der Waals surface area contributed by atoms with Crippen molar-refractivity contribution in [2.24, 2.45) is 0 Å². The third-order valence-electron chi connectivity index (χ3n) is 2.99. The summed E-state index contributed by atoms with van der Waals surface area (Å²) in [7, 11) is 1.68. The minimum Gasteiger partial charge on any atom is -0.372 e. The first-order valence-corrected chi connectivity index (χ1v) is 5.58. The van der Waals surface area contributed by atoms with Crippen LogP contribution in [0.1, 0.15) is 25.1 Å². The molecule has 0 aliphatic rings.